The first kappa shape index (κ1) is 23.1. The van der Waals surface area contributed by atoms with Crippen molar-refractivity contribution in [2.45, 2.75) is 124 Å². The van der Waals surface area contributed by atoms with Crippen LogP contribution in [0.3, 0.4) is 0 Å². The van der Waals surface area contributed by atoms with Gasteiger partial charge >= 0.3 is 0 Å². The summed E-state index contributed by atoms with van der Waals surface area (Å²) in [6, 6.07) is 0. The van der Waals surface area contributed by atoms with Crippen LogP contribution in [0, 0.1) is 45.8 Å². The number of hydrogen-bond donors (Lipinski definition) is 3. The van der Waals surface area contributed by atoms with Crippen molar-refractivity contribution in [3.8, 4) is 0 Å². The van der Waals surface area contributed by atoms with E-state index in [1.54, 1.807) is 0 Å². The van der Waals surface area contributed by atoms with E-state index in [1.165, 1.54) is 25.7 Å². The Balaban J connectivity index is 1.60. The normalized spacial score (nSPS) is 52.3. The lowest BCUT2D eigenvalue weighted by Gasteiger charge is -2.67. The second-order valence-electron chi connectivity index (χ2n) is 13.5. The second-order valence-corrected chi connectivity index (χ2v) is 13.5. The molecule has 0 aliphatic heterocycles. The van der Waals surface area contributed by atoms with Crippen LogP contribution in [0.5, 0.6) is 0 Å². The SMILES string of the molecule is C[C@H](CCC(C)(C)O)[C@H]1CC[C@H]2[C@]3(C)CC[C@H]4C[C@@H](O)CC[C@]4(C)[C@H]3[C@@H](O)C[C@@]21C. The van der Waals surface area contributed by atoms with Crippen LogP contribution in [0.25, 0.3) is 0 Å². The van der Waals surface area contributed by atoms with Gasteiger partial charge in [0.2, 0.25) is 0 Å². The van der Waals surface area contributed by atoms with Gasteiger partial charge in [0.1, 0.15) is 0 Å². The molecular weight excluding hydrogens is 372 g/mol. The minimum absolute atomic E-state index is 0.133. The zero-order chi connectivity index (χ0) is 22.1. The topological polar surface area (TPSA) is 60.7 Å². The molecule has 3 N–H and O–H groups in total. The summed E-state index contributed by atoms with van der Waals surface area (Å²) in [6.07, 6.45) is 10.5. The Morgan fingerprint density at radius 1 is 0.933 bits per heavy atom. The number of aliphatic hydroxyl groups excluding tert-OH is 2. The largest absolute Gasteiger partial charge is 0.393 e. The van der Waals surface area contributed by atoms with E-state index in [0.717, 1.165) is 38.5 Å². The van der Waals surface area contributed by atoms with E-state index in [-0.39, 0.29) is 28.5 Å². The lowest BCUT2D eigenvalue weighted by Crippen LogP contribution is -2.63. The third-order valence-electron chi connectivity index (χ3n) is 11.1. The Morgan fingerprint density at radius 2 is 1.60 bits per heavy atom. The van der Waals surface area contributed by atoms with Gasteiger partial charge in [0.15, 0.2) is 0 Å². The monoisotopic (exact) mass is 420 g/mol. The maximum atomic E-state index is 11.7. The van der Waals surface area contributed by atoms with Gasteiger partial charge in [0.05, 0.1) is 17.8 Å². The molecule has 30 heavy (non-hydrogen) atoms. The molecule has 0 heterocycles. The molecule has 0 radical (unpaired) electrons. The molecule has 0 bridgehead atoms. The number of hydrogen-bond acceptors (Lipinski definition) is 3. The van der Waals surface area contributed by atoms with E-state index in [1.807, 2.05) is 13.8 Å². The average Bonchev–Trinajstić information content (AvgIpc) is 2.97. The van der Waals surface area contributed by atoms with Crippen molar-refractivity contribution in [1.29, 1.82) is 0 Å². The lowest BCUT2D eigenvalue weighted by atomic mass is 9.38. The first-order valence-electron chi connectivity index (χ1n) is 12.9. The van der Waals surface area contributed by atoms with Crippen LogP contribution in [-0.4, -0.2) is 33.1 Å². The fraction of sp³-hybridized carbons (Fsp3) is 1.00. The highest BCUT2D eigenvalue weighted by atomic mass is 16.3. The lowest BCUT2D eigenvalue weighted by molar-refractivity contribution is -0.221. The molecule has 3 heteroatoms. The molecule has 174 valence electrons. The van der Waals surface area contributed by atoms with E-state index in [4.69, 9.17) is 0 Å². The molecule has 4 rings (SSSR count). The molecule has 0 amide bonds. The zero-order valence-corrected chi connectivity index (χ0v) is 20.5. The molecule has 4 saturated carbocycles. The minimum Gasteiger partial charge on any atom is -0.393 e. The number of rotatable bonds is 4. The van der Waals surface area contributed by atoms with Gasteiger partial charge < -0.3 is 15.3 Å². The molecule has 4 aliphatic rings. The summed E-state index contributed by atoms with van der Waals surface area (Å²) in [5.74, 6) is 2.88. The van der Waals surface area contributed by atoms with Gasteiger partial charge in [-0.2, -0.15) is 0 Å². The van der Waals surface area contributed by atoms with Gasteiger partial charge in [-0.3, -0.25) is 0 Å². The van der Waals surface area contributed by atoms with Gasteiger partial charge in [-0.05, 0) is 124 Å². The van der Waals surface area contributed by atoms with Crippen molar-refractivity contribution in [3.05, 3.63) is 0 Å². The number of fused-ring (bicyclic) bond motifs is 5. The Kier molecular flexibility index (Phi) is 5.73. The van der Waals surface area contributed by atoms with Crippen molar-refractivity contribution in [3.63, 3.8) is 0 Å². The fourth-order valence-electron chi connectivity index (χ4n) is 9.84. The Morgan fingerprint density at radius 3 is 2.27 bits per heavy atom. The Hall–Kier alpha value is -0.120. The van der Waals surface area contributed by atoms with Gasteiger partial charge in [-0.1, -0.05) is 27.7 Å². The molecule has 0 aromatic heterocycles. The first-order chi connectivity index (χ1) is 13.8. The molecular formula is C27H48O3. The Labute approximate surface area is 185 Å². The van der Waals surface area contributed by atoms with Crippen LogP contribution in [0.1, 0.15) is 106 Å². The standard InChI is InChI=1S/C27H48O3/c1-17(9-12-24(2,3)30)20-7-8-22-26(5)13-10-18-15-19(28)11-14-25(18,4)23(26)21(29)16-27(20,22)6/h17-23,28-30H,7-16H2,1-6H3/t17-,18+,19+,20-,21+,22+,23-,25+,26+,27-/m1/s1. The molecule has 10 atom stereocenters. The number of aliphatic hydroxyl groups is 3. The summed E-state index contributed by atoms with van der Waals surface area (Å²) in [5.41, 5.74) is 0.0121. The molecule has 0 aromatic carbocycles. The van der Waals surface area contributed by atoms with E-state index >= 15 is 0 Å². The predicted octanol–water partition coefficient (Wildman–Crippen LogP) is 5.55. The first-order valence-corrected chi connectivity index (χ1v) is 12.9. The van der Waals surface area contributed by atoms with E-state index < -0.39 is 5.60 Å². The molecule has 0 spiro atoms. The van der Waals surface area contributed by atoms with E-state index in [2.05, 4.69) is 27.7 Å². The average molecular weight is 421 g/mol. The van der Waals surface area contributed by atoms with Gasteiger partial charge in [-0.15, -0.1) is 0 Å². The van der Waals surface area contributed by atoms with Crippen molar-refractivity contribution < 1.29 is 15.3 Å². The molecule has 3 nitrogen and oxygen atoms in total. The molecule has 0 aromatic rings. The molecule has 4 fully saturated rings. The fourth-order valence-corrected chi connectivity index (χ4v) is 9.84. The van der Waals surface area contributed by atoms with Gasteiger partial charge in [0.25, 0.3) is 0 Å². The second kappa shape index (κ2) is 7.45. The zero-order valence-electron chi connectivity index (χ0n) is 20.5. The van der Waals surface area contributed by atoms with Crippen molar-refractivity contribution >= 4 is 0 Å². The summed E-state index contributed by atoms with van der Waals surface area (Å²) < 4.78 is 0. The van der Waals surface area contributed by atoms with Gasteiger partial charge in [-0.25, -0.2) is 0 Å². The highest BCUT2D eigenvalue weighted by Crippen LogP contribution is 2.73. The highest BCUT2D eigenvalue weighted by molar-refractivity contribution is 5.16. The maximum Gasteiger partial charge on any atom is 0.0591 e. The Bertz CT molecular complexity index is 641. The van der Waals surface area contributed by atoms with Crippen molar-refractivity contribution in [2.75, 3.05) is 0 Å². The van der Waals surface area contributed by atoms with E-state index in [9.17, 15) is 15.3 Å². The molecule has 0 saturated heterocycles. The minimum atomic E-state index is -0.588. The molecule has 0 unspecified atom stereocenters. The summed E-state index contributed by atoms with van der Waals surface area (Å²) in [5, 5.41) is 32.3. The quantitative estimate of drug-likeness (QED) is 0.558. The smallest absolute Gasteiger partial charge is 0.0591 e. The van der Waals surface area contributed by atoms with Gasteiger partial charge in [0, 0.05) is 0 Å². The maximum absolute atomic E-state index is 11.7. The van der Waals surface area contributed by atoms with Crippen LogP contribution in [-0.2, 0) is 0 Å². The third-order valence-corrected chi connectivity index (χ3v) is 11.1. The van der Waals surface area contributed by atoms with Crippen molar-refractivity contribution in [1.82, 2.24) is 0 Å². The summed E-state index contributed by atoms with van der Waals surface area (Å²) in [6.45, 7) is 13.7. The highest BCUT2D eigenvalue weighted by Gasteiger charge is 2.67. The summed E-state index contributed by atoms with van der Waals surface area (Å²) >= 11 is 0. The van der Waals surface area contributed by atoms with Crippen LogP contribution < -0.4 is 0 Å². The van der Waals surface area contributed by atoms with Crippen LogP contribution in [0.15, 0.2) is 0 Å². The predicted molar refractivity (Wildman–Crippen MR) is 122 cm³/mol. The third kappa shape index (κ3) is 3.50. The molecule has 4 aliphatic carbocycles. The summed E-state index contributed by atoms with van der Waals surface area (Å²) in [7, 11) is 0. The van der Waals surface area contributed by atoms with E-state index in [0.29, 0.717) is 29.6 Å². The van der Waals surface area contributed by atoms with Crippen LogP contribution in [0.4, 0.5) is 0 Å². The summed E-state index contributed by atoms with van der Waals surface area (Å²) in [4.78, 5) is 0. The van der Waals surface area contributed by atoms with Crippen molar-refractivity contribution in [2.24, 2.45) is 45.8 Å². The van der Waals surface area contributed by atoms with Crippen LogP contribution >= 0.6 is 0 Å². The van der Waals surface area contributed by atoms with Crippen LogP contribution in [0.2, 0.25) is 0 Å².